The second-order valence-electron chi connectivity index (χ2n) is 4.05. The molecule has 7 nitrogen and oxygen atoms in total. The molecular formula is C11H11N7S. The number of nitrogens with one attached hydrogen (secondary N) is 1. The van der Waals surface area contributed by atoms with E-state index in [1.165, 1.54) is 11.8 Å². The molecule has 3 heterocycles. The summed E-state index contributed by atoms with van der Waals surface area (Å²) in [5.41, 5.74) is 8.12. The maximum absolute atomic E-state index is 5.67. The van der Waals surface area contributed by atoms with E-state index in [-0.39, 0.29) is 5.95 Å². The van der Waals surface area contributed by atoms with Gasteiger partial charge in [-0.1, -0.05) is 0 Å². The van der Waals surface area contributed by atoms with Crippen LogP contribution in [0, 0.1) is 13.8 Å². The van der Waals surface area contributed by atoms with Gasteiger partial charge in [-0.25, -0.2) is 15.0 Å². The maximum Gasteiger partial charge on any atom is 0.223 e. The van der Waals surface area contributed by atoms with Gasteiger partial charge in [0.1, 0.15) is 5.03 Å². The number of H-pyrrole nitrogens is 1. The molecule has 0 radical (unpaired) electrons. The van der Waals surface area contributed by atoms with Crippen molar-refractivity contribution >= 4 is 28.7 Å². The van der Waals surface area contributed by atoms with Crippen molar-refractivity contribution in [2.24, 2.45) is 0 Å². The first kappa shape index (κ1) is 11.8. The number of nitrogens with zero attached hydrogens (tertiary/aromatic N) is 5. The van der Waals surface area contributed by atoms with Crippen LogP contribution in [0.3, 0.4) is 0 Å². The molecule has 0 aliphatic rings. The fourth-order valence-electron chi connectivity index (χ4n) is 1.73. The minimum atomic E-state index is 0.198. The molecule has 0 aliphatic heterocycles. The van der Waals surface area contributed by atoms with Gasteiger partial charge in [0, 0.05) is 11.4 Å². The standard InChI is InChI=1S/C11H11N7S/c1-5-3-6(2)15-11(14-5)19-9-7-4-13-18-8(7)16-10(12)17-9/h3-4H,1-2H3,(H3,12,13,16,17,18). The van der Waals surface area contributed by atoms with Gasteiger partial charge in [0.15, 0.2) is 10.8 Å². The predicted molar refractivity (Wildman–Crippen MR) is 71.7 cm³/mol. The molecule has 3 rings (SSSR count). The number of anilines is 1. The smallest absolute Gasteiger partial charge is 0.223 e. The molecule has 0 saturated carbocycles. The lowest BCUT2D eigenvalue weighted by Gasteiger charge is -2.03. The second kappa shape index (κ2) is 4.47. The van der Waals surface area contributed by atoms with E-state index in [9.17, 15) is 0 Å². The molecule has 3 aromatic heterocycles. The van der Waals surface area contributed by atoms with Crippen molar-refractivity contribution in [1.29, 1.82) is 0 Å². The summed E-state index contributed by atoms with van der Waals surface area (Å²) < 4.78 is 0. The summed E-state index contributed by atoms with van der Waals surface area (Å²) in [4.78, 5) is 17.0. The molecule has 0 bridgehead atoms. The van der Waals surface area contributed by atoms with Gasteiger partial charge in [0.2, 0.25) is 5.95 Å². The summed E-state index contributed by atoms with van der Waals surface area (Å²) in [6.07, 6.45) is 1.67. The molecule has 0 aromatic carbocycles. The quantitative estimate of drug-likeness (QED) is 0.538. The van der Waals surface area contributed by atoms with Crippen LogP contribution in [0.2, 0.25) is 0 Å². The van der Waals surface area contributed by atoms with Gasteiger partial charge >= 0.3 is 0 Å². The molecular weight excluding hydrogens is 262 g/mol. The highest BCUT2D eigenvalue weighted by Crippen LogP contribution is 2.29. The average Bonchev–Trinajstić information content (AvgIpc) is 2.75. The summed E-state index contributed by atoms with van der Waals surface area (Å²) in [5, 5.41) is 8.86. The summed E-state index contributed by atoms with van der Waals surface area (Å²) in [7, 11) is 0. The number of aromatic nitrogens is 6. The third-order valence-electron chi connectivity index (χ3n) is 2.44. The Balaban J connectivity index is 2.07. The largest absolute Gasteiger partial charge is 0.368 e. The van der Waals surface area contributed by atoms with Gasteiger partial charge in [-0.15, -0.1) is 0 Å². The van der Waals surface area contributed by atoms with E-state index in [1.807, 2.05) is 19.9 Å². The number of aromatic amines is 1. The first-order chi connectivity index (χ1) is 9.11. The van der Waals surface area contributed by atoms with Gasteiger partial charge in [-0.2, -0.15) is 10.1 Å². The van der Waals surface area contributed by atoms with Crippen LogP contribution in [0.1, 0.15) is 11.4 Å². The third kappa shape index (κ3) is 2.34. The van der Waals surface area contributed by atoms with Gasteiger partial charge in [0.25, 0.3) is 0 Å². The lowest BCUT2D eigenvalue weighted by Crippen LogP contribution is -1.98. The van der Waals surface area contributed by atoms with Crippen molar-refractivity contribution in [2.75, 3.05) is 5.73 Å². The topological polar surface area (TPSA) is 106 Å². The Hall–Kier alpha value is -2.22. The van der Waals surface area contributed by atoms with Gasteiger partial charge in [-0.3, -0.25) is 5.10 Å². The number of hydrogen-bond donors (Lipinski definition) is 2. The van der Waals surface area contributed by atoms with E-state index in [0.717, 1.165) is 16.8 Å². The van der Waals surface area contributed by atoms with E-state index < -0.39 is 0 Å². The normalized spacial score (nSPS) is 11.1. The lowest BCUT2D eigenvalue weighted by atomic mass is 10.4. The fourth-order valence-corrected chi connectivity index (χ4v) is 2.68. The molecule has 0 saturated heterocycles. The van der Waals surface area contributed by atoms with Gasteiger partial charge in [0.05, 0.1) is 11.6 Å². The fraction of sp³-hybridized carbons (Fsp3) is 0.182. The minimum absolute atomic E-state index is 0.198. The predicted octanol–water partition coefficient (Wildman–Crippen LogP) is 1.49. The van der Waals surface area contributed by atoms with Crippen molar-refractivity contribution in [3.05, 3.63) is 23.7 Å². The Bertz CT molecular complexity index is 732. The Morgan fingerprint density at radius 3 is 2.58 bits per heavy atom. The highest BCUT2D eigenvalue weighted by atomic mass is 32.2. The second-order valence-corrected chi connectivity index (χ2v) is 5.01. The summed E-state index contributed by atoms with van der Waals surface area (Å²) >= 11 is 1.35. The molecule has 0 aliphatic carbocycles. The Kier molecular flexibility index (Phi) is 2.79. The molecule has 3 N–H and O–H groups in total. The van der Waals surface area contributed by atoms with Crippen molar-refractivity contribution in [1.82, 2.24) is 30.1 Å². The average molecular weight is 273 g/mol. The van der Waals surface area contributed by atoms with Crippen LogP contribution in [0.5, 0.6) is 0 Å². The molecule has 0 fully saturated rings. The van der Waals surface area contributed by atoms with E-state index in [0.29, 0.717) is 15.8 Å². The van der Waals surface area contributed by atoms with E-state index in [4.69, 9.17) is 5.73 Å². The number of nitrogens with two attached hydrogens (primary N) is 1. The molecule has 96 valence electrons. The highest BCUT2D eigenvalue weighted by molar-refractivity contribution is 7.99. The summed E-state index contributed by atoms with van der Waals surface area (Å²) in [6.45, 7) is 3.86. The Morgan fingerprint density at radius 1 is 1.11 bits per heavy atom. The zero-order chi connectivity index (χ0) is 13.4. The highest BCUT2D eigenvalue weighted by Gasteiger charge is 2.11. The number of rotatable bonds is 2. The molecule has 3 aromatic rings. The Labute approximate surface area is 113 Å². The number of aryl methyl sites for hydroxylation is 2. The van der Waals surface area contributed by atoms with E-state index in [2.05, 4.69) is 30.1 Å². The van der Waals surface area contributed by atoms with Crippen LogP contribution in [0.4, 0.5) is 5.95 Å². The van der Waals surface area contributed by atoms with Crippen LogP contribution >= 0.6 is 11.8 Å². The summed E-state index contributed by atoms with van der Waals surface area (Å²) in [5.74, 6) is 0.198. The summed E-state index contributed by atoms with van der Waals surface area (Å²) in [6, 6.07) is 1.92. The van der Waals surface area contributed by atoms with Crippen LogP contribution < -0.4 is 5.73 Å². The van der Waals surface area contributed by atoms with Crippen LogP contribution in [0.15, 0.2) is 22.4 Å². The van der Waals surface area contributed by atoms with Crippen molar-refractivity contribution in [2.45, 2.75) is 24.0 Å². The molecule has 0 unspecified atom stereocenters. The maximum atomic E-state index is 5.67. The number of hydrogen-bond acceptors (Lipinski definition) is 7. The minimum Gasteiger partial charge on any atom is -0.368 e. The van der Waals surface area contributed by atoms with Crippen LogP contribution in [0.25, 0.3) is 11.0 Å². The van der Waals surface area contributed by atoms with Crippen LogP contribution in [-0.2, 0) is 0 Å². The van der Waals surface area contributed by atoms with E-state index in [1.54, 1.807) is 6.20 Å². The molecule has 0 spiro atoms. The Morgan fingerprint density at radius 2 is 1.84 bits per heavy atom. The van der Waals surface area contributed by atoms with Gasteiger partial charge < -0.3 is 5.73 Å². The first-order valence-corrected chi connectivity index (χ1v) is 6.40. The van der Waals surface area contributed by atoms with Crippen molar-refractivity contribution in [3.63, 3.8) is 0 Å². The number of nitrogen functional groups attached to an aromatic ring is 1. The van der Waals surface area contributed by atoms with Gasteiger partial charge in [-0.05, 0) is 31.7 Å². The SMILES string of the molecule is Cc1cc(C)nc(Sc2nc(N)nc3[nH]ncc23)n1. The van der Waals surface area contributed by atoms with Crippen molar-refractivity contribution in [3.8, 4) is 0 Å². The zero-order valence-corrected chi connectivity index (χ0v) is 11.2. The number of fused-ring (bicyclic) bond motifs is 1. The first-order valence-electron chi connectivity index (χ1n) is 5.58. The van der Waals surface area contributed by atoms with E-state index >= 15 is 0 Å². The zero-order valence-electron chi connectivity index (χ0n) is 10.4. The van der Waals surface area contributed by atoms with Crippen LogP contribution in [-0.4, -0.2) is 30.1 Å². The lowest BCUT2D eigenvalue weighted by molar-refractivity contribution is 0.899. The monoisotopic (exact) mass is 273 g/mol. The molecule has 0 atom stereocenters. The van der Waals surface area contributed by atoms with Crippen molar-refractivity contribution < 1.29 is 0 Å². The molecule has 8 heteroatoms. The molecule has 19 heavy (non-hydrogen) atoms. The third-order valence-corrected chi connectivity index (χ3v) is 3.31. The molecule has 0 amide bonds.